The van der Waals surface area contributed by atoms with Gasteiger partial charge >= 0.3 is 0 Å². The minimum absolute atomic E-state index is 0.0220. The smallest absolute Gasteiger partial charge is 0.243 e. The maximum absolute atomic E-state index is 13.6. The third-order valence-corrected chi connectivity index (χ3v) is 7.60. The molecule has 1 heterocycles. The number of nitrogens with one attached hydrogen (secondary N) is 1. The summed E-state index contributed by atoms with van der Waals surface area (Å²) in [5.74, 6) is -2.09. The molecular formula is C23H28F2N2O4S. The summed E-state index contributed by atoms with van der Waals surface area (Å²) >= 11 is 0. The van der Waals surface area contributed by atoms with Crippen molar-refractivity contribution < 1.29 is 26.7 Å². The van der Waals surface area contributed by atoms with Crippen molar-refractivity contribution >= 4 is 15.9 Å². The summed E-state index contributed by atoms with van der Waals surface area (Å²) in [4.78, 5) is 12.9. The number of nitrogens with zero attached hydrogens (tertiary/aromatic N) is 1. The van der Waals surface area contributed by atoms with Crippen LogP contribution in [0, 0.1) is 31.4 Å². The van der Waals surface area contributed by atoms with Crippen LogP contribution in [0.25, 0.3) is 0 Å². The maximum Gasteiger partial charge on any atom is 0.243 e. The molecule has 1 N–H and O–H groups in total. The van der Waals surface area contributed by atoms with E-state index in [1.807, 2.05) is 13.0 Å². The molecular weight excluding hydrogens is 438 g/mol. The average Bonchev–Trinajstić information content (AvgIpc) is 2.73. The molecule has 32 heavy (non-hydrogen) atoms. The topological polar surface area (TPSA) is 75.7 Å². The van der Waals surface area contributed by atoms with Crippen molar-refractivity contribution in [2.75, 3.05) is 19.7 Å². The number of sulfonamides is 1. The van der Waals surface area contributed by atoms with E-state index in [1.54, 1.807) is 26.0 Å². The van der Waals surface area contributed by atoms with Crippen LogP contribution >= 0.6 is 0 Å². The van der Waals surface area contributed by atoms with Crippen molar-refractivity contribution in [2.24, 2.45) is 5.92 Å². The lowest BCUT2D eigenvalue weighted by atomic mass is 9.97. The first-order valence-corrected chi connectivity index (χ1v) is 12.0. The molecule has 1 fully saturated rings. The molecule has 0 bridgehead atoms. The fourth-order valence-electron chi connectivity index (χ4n) is 3.80. The molecule has 3 rings (SSSR count). The van der Waals surface area contributed by atoms with Gasteiger partial charge in [-0.1, -0.05) is 17.7 Å². The van der Waals surface area contributed by atoms with Crippen LogP contribution in [0.15, 0.2) is 41.3 Å². The molecule has 1 aliphatic heterocycles. The largest absolute Gasteiger partial charge is 0.488 e. The molecule has 0 radical (unpaired) electrons. The summed E-state index contributed by atoms with van der Waals surface area (Å²) in [6.07, 6.45) is 0.826. The fraction of sp³-hybridized carbons (Fsp3) is 0.435. The molecule has 1 amide bonds. The molecule has 1 aliphatic rings. The van der Waals surface area contributed by atoms with Crippen LogP contribution in [-0.4, -0.2) is 44.4 Å². The van der Waals surface area contributed by atoms with Gasteiger partial charge in [0.05, 0.1) is 10.9 Å². The summed E-state index contributed by atoms with van der Waals surface area (Å²) < 4.78 is 59.4. The number of piperidine rings is 1. The monoisotopic (exact) mass is 466 g/mol. The molecule has 2 aromatic rings. The summed E-state index contributed by atoms with van der Waals surface area (Å²) in [7, 11) is -3.61. The van der Waals surface area contributed by atoms with Gasteiger partial charge in [0.25, 0.3) is 0 Å². The van der Waals surface area contributed by atoms with E-state index < -0.39 is 27.7 Å². The van der Waals surface area contributed by atoms with Gasteiger partial charge in [0.2, 0.25) is 15.9 Å². The second kappa shape index (κ2) is 9.95. The predicted molar refractivity (Wildman–Crippen MR) is 117 cm³/mol. The molecule has 0 saturated carbocycles. The zero-order chi connectivity index (χ0) is 23.5. The van der Waals surface area contributed by atoms with E-state index >= 15 is 0 Å². The van der Waals surface area contributed by atoms with Crippen LogP contribution < -0.4 is 10.1 Å². The number of aryl methyl sites for hydroxylation is 2. The highest BCUT2D eigenvalue weighted by atomic mass is 32.2. The number of carbonyl (C=O) groups excluding carboxylic acids is 1. The van der Waals surface area contributed by atoms with Crippen LogP contribution in [0.5, 0.6) is 5.75 Å². The quantitative estimate of drug-likeness (QED) is 0.677. The standard InChI is InChI=1S/C23H28F2N2O4S/c1-15-4-7-22(16(2)12-15)32(29,30)27-10-8-18(9-11-27)23(28)26-17(3)14-31-21-6-5-19(24)13-20(21)25/h4-7,12-13,17-18H,8-11,14H2,1-3H3,(H,26,28). The first-order chi connectivity index (χ1) is 15.1. The Morgan fingerprint density at radius 1 is 1.16 bits per heavy atom. The third-order valence-electron chi connectivity index (χ3n) is 5.54. The Hall–Kier alpha value is -2.52. The molecule has 1 saturated heterocycles. The second-order valence-electron chi connectivity index (χ2n) is 8.24. The number of carbonyl (C=O) groups is 1. The van der Waals surface area contributed by atoms with Crippen LogP contribution in [0.1, 0.15) is 30.9 Å². The Bertz CT molecular complexity index is 1080. The Balaban J connectivity index is 1.51. The van der Waals surface area contributed by atoms with Crippen molar-refractivity contribution in [1.82, 2.24) is 9.62 Å². The van der Waals surface area contributed by atoms with E-state index in [1.165, 1.54) is 10.4 Å². The van der Waals surface area contributed by atoms with Gasteiger partial charge < -0.3 is 10.1 Å². The van der Waals surface area contributed by atoms with Crippen LogP contribution in [-0.2, 0) is 14.8 Å². The van der Waals surface area contributed by atoms with Crippen LogP contribution in [0.2, 0.25) is 0 Å². The fourth-order valence-corrected chi connectivity index (χ4v) is 5.47. The zero-order valence-corrected chi connectivity index (χ0v) is 19.2. The SMILES string of the molecule is Cc1ccc(S(=O)(=O)N2CCC(C(=O)NC(C)COc3ccc(F)cc3F)CC2)c(C)c1. The Morgan fingerprint density at radius 2 is 1.84 bits per heavy atom. The number of hydrogen-bond acceptors (Lipinski definition) is 4. The first kappa shape index (κ1) is 24.1. The van der Waals surface area contributed by atoms with Gasteiger partial charge in [-0.15, -0.1) is 0 Å². The highest BCUT2D eigenvalue weighted by Crippen LogP contribution is 2.26. The molecule has 6 nitrogen and oxygen atoms in total. The highest BCUT2D eigenvalue weighted by Gasteiger charge is 2.33. The van der Waals surface area contributed by atoms with E-state index in [-0.39, 0.29) is 37.3 Å². The molecule has 1 unspecified atom stereocenters. The molecule has 174 valence electrons. The lowest BCUT2D eigenvalue weighted by Crippen LogP contribution is -2.46. The van der Waals surface area contributed by atoms with E-state index in [9.17, 15) is 22.0 Å². The summed E-state index contributed by atoms with van der Waals surface area (Å²) in [5.41, 5.74) is 1.70. The summed E-state index contributed by atoms with van der Waals surface area (Å²) in [5, 5.41) is 2.82. The van der Waals surface area contributed by atoms with Crippen molar-refractivity contribution in [1.29, 1.82) is 0 Å². The number of benzene rings is 2. The van der Waals surface area contributed by atoms with E-state index in [0.29, 0.717) is 23.3 Å². The molecule has 2 aromatic carbocycles. The Labute approximate surface area is 187 Å². The van der Waals surface area contributed by atoms with Gasteiger partial charge in [0.1, 0.15) is 12.4 Å². The molecule has 9 heteroatoms. The minimum atomic E-state index is -3.61. The van der Waals surface area contributed by atoms with Gasteiger partial charge in [-0.05, 0) is 57.4 Å². The summed E-state index contributed by atoms with van der Waals surface area (Å²) in [6, 6.07) is 7.88. The number of hydrogen-bond donors (Lipinski definition) is 1. The van der Waals surface area contributed by atoms with Gasteiger partial charge in [-0.3, -0.25) is 4.79 Å². The van der Waals surface area contributed by atoms with E-state index in [0.717, 1.165) is 17.7 Å². The summed E-state index contributed by atoms with van der Waals surface area (Å²) in [6.45, 7) is 5.96. The molecule has 0 aromatic heterocycles. The zero-order valence-electron chi connectivity index (χ0n) is 18.4. The van der Waals surface area contributed by atoms with Crippen molar-refractivity contribution in [2.45, 2.75) is 44.6 Å². The van der Waals surface area contributed by atoms with Crippen LogP contribution in [0.3, 0.4) is 0 Å². The number of ether oxygens (including phenoxy) is 1. The first-order valence-electron chi connectivity index (χ1n) is 10.5. The van der Waals surface area contributed by atoms with Crippen molar-refractivity contribution in [3.8, 4) is 5.75 Å². The second-order valence-corrected chi connectivity index (χ2v) is 10.1. The Kier molecular flexibility index (Phi) is 7.51. The Morgan fingerprint density at radius 3 is 2.47 bits per heavy atom. The maximum atomic E-state index is 13.6. The van der Waals surface area contributed by atoms with Gasteiger partial charge in [-0.2, -0.15) is 4.31 Å². The number of halogens is 2. The van der Waals surface area contributed by atoms with E-state index in [2.05, 4.69) is 5.32 Å². The van der Waals surface area contributed by atoms with Crippen molar-refractivity contribution in [3.63, 3.8) is 0 Å². The normalized spacial score (nSPS) is 16.5. The number of amides is 1. The highest BCUT2D eigenvalue weighted by molar-refractivity contribution is 7.89. The molecule has 0 spiro atoms. The average molecular weight is 467 g/mol. The lowest BCUT2D eigenvalue weighted by Gasteiger charge is -2.31. The third kappa shape index (κ3) is 5.63. The van der Waals surface area contributed by atoms with Gasteiger partial charge in [0, 0.05) is 25.1 Å². The van der Waals surface area contributed by atoms with Crippen LogP contribution in [0.4, 0.5) is 8.78 Å². The molecule has 1 atom stereocenters. The van der Waals surface area contributed by atoms with Crippen molar-refractivity contribution in [3.05, 3.63) is 59.2 Å². The molecule has 0 aliphatic carbocycles. The van der Waals surface area contributed by atoms with E-state index in [4.69, 9.17) is 4.74 Å². The van der Waals surface area contributed by atoms with Gasteiger partial charge in [-0.25, -0.2) is 17.2 Å². The minimum Gasteiger partial charge on any atom is -0.488 e. The number of rotatable bonds is 7. The predicted octanol–water partition coefficient (Wildman–Crippen LogP) is 3.57. The lowest BCUT2D eigenvalue weighted by molar-refractivity contribution is -0.126. The van der Waals surface area contributed by atoms with Gasteiger partial charge in [0.15, 0.2) is 11.6 Å².